The SMILES string of the molecule is CC(C)N1N=CN(CC(C)(C)C)C1C(F)(F)F. The van der Waals surface area contributed by atoms with E-state index in [0.717, 1.165) is 5.01 Å². The van der Waals surface area contributed by atoms with Gasteiger partial charge < -0.3 is 4.90 Å². The molecular weight excluding hydrogens is 231 g/mol. The summed E-state index contributed by atoms with van der Waals surface area (Å²) in [7, 11) is 0. The zero-order valence-corrected chi connectivity index (χ0v) is 10.9. The molecule has 1 rings (SSSR count). The third-order valence-corrected chi connectivity index (χ3v) is 2.38. The minimum absolute atomic E-state index is 0.206. The first-order valence-corrected chi connectivity index (χ1v) is 5.67. The van der Waals surface area contributed by atoms with Crippen molar-refractivity contribution in [3.8, 4) is 0 Å². The molecule has 1 unspecified atom stereocenters. The maximum absolute atomic E-state index is 13.0. The van der Waals surface area contributed by atoms with E-state index in [4.69, 9.17) is 0 Å². The maximum Gasteiger partial charge on any atom is 0.429 e. The Bertz CT molecular complexity index is 291. The fourth-order valence-electron chi connectivity index (χ4n) is 1.83. The molecule has 1 heterocycles. The van der Waals surface area contributed by atoms with E-state index in [1.165, 1.54) is 11.2 Å². The third kappa shape index (κ3) is 3.51. The Morgan fingerprint density at radius 1 is 1.24 bits per heavy atom. The first-order valence-electron chi connectivity index (χ1n) is 5.67. The Hall–Kier alpha value is -0.940. The Kier molecular flexibility index (Phi) is 3.64. The average molecular weight is 251 g/mol. The molecule has 17 heavy (non-hydrogen) atoms. The predicted octanol–water partition coefficient (Wildman–Crippen LogP) is 2.89. The molecule has 0 amide bonds. The first-order chi connectivity index (χ1) is 7.52. The minimum Gasteiger partial charge on any atom is -0.331 e. The number of nitrogens with zero attached hydrogens (tertiary/aromatic N) is 3. The van der Waals surface area contributed by atoms with Crippen LogP contribution in [0.25, 0.3) is 0 Å². The van der Waals surface area contributed by atoms with Crippen LogP contribution in [-0.4, -0.2) is 41.2 Å². The molecule has 0 aliphatic carbocycles. The normalized spacial score (nSPS) is 21.8. The van der Waals surface area contributed by atoms with Crippen LogP contribution < -0.4 is 0 Å². The fourth-order valence-corrected chi connectivity index (χ4v) is 1.83. The summed E-state index contributed by atoms with van der Waals surface area (Å²) in [5.74, 6) is 0. The molecular formula is C11H20F3N3. The Labute approximate surface area is 100 Å². The van der Waals surface area contributed by atoms with Gasteiger partial charge in [0.2, 0.25) is 6.17 Å². The lowest BCUT2D eigenvalue weighted by atomic mass is 9.96. The molecule has 0 bridgehead atoms. The van der Waals surface area contributed by atoms with Crippen LogP contribution in [0, 0.1) is 5.41 Å². The Morgan fingerprint density at radius 2 is 1.76 bits per heavy atom. The van der Waals surface area contributed by atoms with Crippen molar-refractivity contribution in [2.75, 3.05) is 6.54 Å². The minimum atomic E-state index is -4.30. The molecule has 6 heteroatoms. The van der Waals surface area contributed by atoms with Crippen molar-refractivity contribution in [2.45, 2.75) is 53.0 Å². The van der Waals surface area contributed by atoms with Gasteiger partial charge in [-0.3, -0.25) is 5.01 Å². The van der Waals surface area contributed by atoms with E-state index in [-0.39, 0.29) is 11.5 Å². The molecule has 1 aliphatic heterocycles. The second-order valence-corrected chi connectivity index (χ2v) is 5.85. The van der Waals surface area contributed by atoms with Crippen LogP contribution in [0.15, 0.2) is 5.10 Å². The highest BCUT2D eigenvalue weighted by Gasteiger charge is 2.50. The fraction of sp³-hybridized carbons (Fsp3) is 0.909. The molecule has 0 aromatic heterocycles. The van der Waals surface area contributed by atoms with E-state index in [2.05, 4.69) is 5.10 Å². The van der Waals surface area contributed by atoms with Crippen LogP contribution in [0.4, 0.5) is 13.2 Å². The van der Waals surface area contributed by atoms with Gasteiger partial charge in [-0.1, -0.05) is 20.8 Å². The van der Waals surface area contributed by atoms with Crippen LogP contribution in [-0.2, 0) is 0 Å². The zero-order valence-electron chi connectivity index (χ0n) is 10.9. The summed E-state index contributed by atoms with van der Waals surface area (Å²) in [5.41, 5.74) is -0.206. The largest absolute Gasteiger partial charge is 0.429 e. The molecule has 0 radical (unpaired) electrons. The summed E-state index contributed by atoms with van der Waals surface area (Å²) in [6.07, 6.45) is -4.64. The van der Waals surface area contributed by atoms with Crippen LogP contribution >= 0.6 is 0 Å². The highest BCUT2D eigenvalue weighted by Crippen LogP contribution is 2.33. The lowest BCUT2D eigenvalue weighted by molar-refractivity contribution is -0.213. The van der Waals surface area contributed by atoms with Crippen molar-refractivity contribution in [3.63, 3.8) is 0 Å². The van der Waals surface area contributed by atoms with Gasteiger partial charge in [0.05, 0.1) is 0 Å². The van der Waals surface area contributed by atoms with Gasteiger partial charge in [-0.25, -0.2) is 0 Å². The van der Waals surface area contributed by atoms with Crippen molar-refractivity contribution in [1.82, 2.24) is 9.91 Å². The highest BCUT2D eigenvalue weighted by molar-refractivity contribution is 5.57. The summed E-state index contributed by atoms with van der Waals surface area (Å²) in [5, 5.41) is 4.97. The van der Waals surface area contributed by atoms with E-state index in [0.29, 0.717) is 6.54 Å². The topological polar surface area (TPSA) is 18.8 Å². The van der Waals surface area contributed by atoms with Crippen molar-refractivity contribution in [1.29, 1.82) is 0 Å². The summed E-state index contributed by atoms with van der Waals surface area (Å²) < 4.78 is 39.1. The zero-order chi connectivity index (χ0) is 13.4. The Morgan fingerprint density at radius 3 is 2.12 bits per heavy atom. The molecule has 1 atom stereocenters. The number of alkyl halides is 3. The van der Waals surface area contributed by atoms with Gasteiger partial charge in [0, 0.05) is 12.6 Å². The molecule has 0 saturated heterocycles. The van der Waals surface area contributed by atoms with Gasteiger partial charge >= 0.3 is 6.18 Å². The number of hydrazone groups is 1. The van der Waals surface area contributed by atoms with E-state index in [9.17, 15) is 13.2 Å². The van der Waals surface area contributed by atoms with E-state index < -0.39 is 12.3 Å². The van der Waals surface area contributed by atoms with Crippen LogP contribution in [0.5, 0.6) is 0 Å². The number of hydrogen-bond acceptors (Lipinski definition) is 3. The number of halogens is 3. The van der Waals surface area contributed by atoms with Gasteiger partial charge in [0.15, 0.2) is 0 Å². The van der Waals surface area contributed by atoms with E-state index >= 15 is 0 Å². The van der Waals surface area contributed by atoms with Gasteiger partial charge in [-0.15, -0.1) is 0 Å². The smallest absolute Gasteiger partial charge is 0.331 e. The summed E-state index contributed by atoms with van der Waals surface area (Å²) in [6.45, 7) is 9.46. The highest BCUT2D eigenvalue weighted by atomic mass is 19.4. The molecule has 100 valence electrons. The van der Waals surface area contributed by atoms with Crippen molar-refractivity contribution in [2.24, 2.45) is 10.5 Å². The summed E-state index contributed by atoms with van der Waals surface area (Å²) in [6, 6.07) is -0.275. The third-order valence-electron chi connectivity index (χ3n) is 2.38. The van der Waals surface area contributed by atoms with Crippen LogP contribution in [0.1, 0.15) is 34.6 Å². The number of rotatable bonds is 2. The number of hydrogen-bond donors (Lipinski definition) is 0. The van der Waals surface area contributed by atoms with Gasteiger partial charge in [0.1, 0.15) is 6.34 Å². The van der Waals surface area contributed by atoms with Gasteiger partial charge in [0.25, 0.3) is 0 Å². The van der Waals surface area contributed by atoms with Crippen LogP contribution in [0.2, 0.25) is 0 Å². The monoisotopic (exact) mass is 251 g/mol. The summed E-state index contributed by atoms with van der Waals surface area (Å²) in [4.78, 5) is 1.26. The van der Waals surface area contributed by atoms with Gasteiger partial charge in [-0.05, 0) is 19.3 Å². The predicted molar refractivity (Wildman–Crippen MR) is 61.5 cm³/mol. The molecule has 0 spiro atoms. The molecule has 0 fully saturated rings. The molecule has 3 nitrogen and oxygen atoms in total. The lowest BCUT2D eigenvalue weighted by Crippen LogP contribution is -2.53. The Balaban J connectivity index is 2.89. The molecule has 0 aromatic carbocycles. The quantitative estimate of drug-likeness (QED) is 0.751. The van der Waals surface area contributed by atoms with Crippen molar-refractivity contribution < 1.29 is 13.2 Å². The second-order valence-electron chi connectivity index (χ2n) is 5.85. The second kappa shape index (κ2) is 4.38. The molecule has 0 saturated carbocycles. The maximum atomic E-state index is 13.0. The first kappa shape index (κ1) is 14.1. The standard InChI is InChI=1S/C11H20F3N3/c1-8(2)17-9(11(12,13)14)16(7-15-17)6-10(3,4)5/h7-9H,6H2,1-5H3. The van der Waals surface area contributed by atoms with E-state index in [1.54, 1.807) is 13.8 Å². The van der Waals surface area contributed by atoms with Crippen molar-refractivity contribution >= 4 is 6.34 Å². The van der Waals surface area contributed by atoms with E-state index in [1.807, 2.05) is 20.8 Å². The molecule has 1 aliphatic rings. The van der Waals surface area contributed by atoms with Gasteiger partial charge in [-0.2, -0.15) is 18.3 Å². The van der Waals surface area contributed by atoms with Crippen LogP contribution in [0.3, 0.4) is 0 Å². The average Bonchev–Trinajstić information content (AvgIpc) is 2.43. The van der Waals surface area contributed by atoms with Crippen molar-refractivity contribution in [3.05, 3.63) is 0 Å². The lowest BCUT2D eigenvalue weighted by Gasteiger charge is -2.36. The molecule has 0 aromatic rings. The summed E-state index contributed by atoms with van der Waals surface area (Å²) >= 11 is 0. The molecule has 0 N–H and O–H groups in total.